The van der Waals surface area contributed by atoms with Crippen LogP contribution in [0.4, 0.5) is 0 Å². The van der Waals surface area contributed by atoms with E-state index in [-0.39, 0.29) is 5.48 Å². The predicted octanol–water partition coefficient (Wildman–Crippen LogP) is 1.85. The van der Waals surface area contributed by atoms with E-state index in [1.807, 2.05) is 0 Å². The summed E-state index contributed by atoms with van der Waals surface area (Å²) in [4.78, 5) is 0. The second-order valence-corrected chi connectivity index (χ2v) is 4.60. The number of rotatable bonds is 22. The third-order valence-corrected chi connectivity index (χ3v) is 2.60. The molecule has 0 aliphatic heterocycles. The molecule has 0 saturated heterocycles. The van der Waals surface area contributed by atoms with Crippen LogP contribution in [0, 0.1) is 0 Å². The summed E-state index contributed by atoms with van der Waals surface area (Å²) in [6.07, 6.45) is 5.58. The molecule has 2 N–H and O–H groups in total. The van der Waals surface area contributed by atoms with Crippen molar-refractivity contribution < 1.29 is 43.4 Å². The van der Waals surface area contributed by atoms with Crippen molar-refractivity contribution in [2.24, 2.45) is 0 Å². The van der Waals surface area contributed by atoms with E-state index in [4.69, 9.17) is 37.9 Å². The molecule has 29 heavy (non-hydrogen) atoms. The first-order valence-electron chi connectivity index (χ1n) is 9.04. The molecule has 0 saturated carbocycles. The molecule has 0 rings (SSSR count). The van der Waals surface area contributed by atoms with E-state index >= 15 is 0 Å². The second-order valence-electron chi connectivity index (χ2n) is 4.60. The average Bonchev–Trinajstić information content (AvgIpc) is 2.71. The Morgan fingerprint density at radius 3 is 0.690 bits per heavy atom. The highest BCUT2D eigenvalue weighted by Gasteiger charge is 1.90. The molecule has 0 heterocycles. The molecule has 0 aromatic rings. The summed E-state index contributed by atoms with van der Waals surface area (Å²) in [5.41, 5.74) is 0. The van der Waals surface area contributed by atoms with E-state index in [1.54, 1.807) is 0 Å². The van der Waals surface area contributed by atoms with Gasteiger partial charge in [-0.05, 0) is 0 Å². The van der Waals surface area contributed by atoms with Crippen LogP contribution in [0.5, 0.6) is 0 Å². The molecule has 0 aliphatic carbocycles. The van der Waals surface area contributed by atoms with Gasteiger partial charge in [0.15, 0.2) is 0 Å². The van der Waals surface area contributed by atoms with Crippen LogP contribution in [0.1, 0.15) is 0 Å². The Bertz CT molecular complexity index is 274. The van der Waals surface area contributed by atoms with E-state index in [0.717, 1.165) is 0 Å². The molecule has 0 atom stereocenters. The van der Waals surface area contributed by atoms with Crippen LogP contribution in [0.3, 0.4) is 0 Å². The molecule has 9 heteroatoms. The summed E-state index contributed by atoms with van der Waals surface area (Å²) in [5, 5.41) is 0. The van der Waals surface area contributed by atoms with Crippen molar-refractivity contribution in [1.29, 1.82) is 0 Å². The molecule has 0 aromatic carbocycles. The largest absolute Gasteiger partial charge is 0.499 e. The molecule has 0 aliphatic rings. The highest BCUT2D eigenvalue weighted by atomic mass is 16.6. The minimum atomic E-state index is 0. The molecule has 9 nitrogen and oxygen atoms in total. The molecule has 0 radical (unpaired) electrons. The van der Waals surface area contributed by atoms with Crippen LogP contribution in [0.2, 0.25) is 0 Å². The van der Waals surface area contributed by atoms with Gasteiger partial charge in [0.2, 0.25) is 0 Å². The van der Waals surface area contributed by atoms with E-state index in [2.05, 4.69) is 26.3 Å². The maximum absolute atomic E-state index is 5.18. The highest BCUT2D eigenvalue weighted by Crippen LogP contribution is 1.83. The van der Waals surface area contributed by atoms with Crippen LogP contribution in [0.15, 0.2) is 51.4 Å². The van der Waals surface area contributed by atoms with E-state index in [1.165, 1.54) is 25.0 Å². The molecule has 0 amide bonds. The molecule has 0 spiro atoms. The molecular weight excluding hydrogens is 384 g/mol. The van der Waals surface area contributed by atoms with Gasteiger partial charge in [0.05, 0.1) is 77.9 Å². The SMILES string of the molecule is C=COCCOCCOCCOC=C.C=COCCOCCOCCOC=C.O. The highest BCUT2D eigenvalue weighted by molar-refractivity contribution is 4.49. The van der Waals surface area contributed by atoms with Crippen molar-refractivity contribution in [3.05, 3.63) is 51.4 Å². The maximum atomic E-state index is 5.18. The van der Waals surface area contributed by atoms with Gasteiger partial charge in [-0.3, -0.25) is 0 Å². The van der Waals surface area contributed by atoms with E-state index in [0.29, 0.717) is 79.3 Å². The Labute approximate surface area is 174 Å². The van der Waals surface area contributed by atoms with Crippen LogP contribution in [-0.4, -0.2) is 84.8 Å². The fourth-order valence-corrected chi connectivity index (χ4v) is 1.41. The van der Waals surface area contributed by atoms with Crippen LogP contribution >= 0.6 is 0 Å². The van der Waals surface area contributed by atoms with Crippen molar-refractivity contribution in [3.63, 3.8) is 0 Å². The molecule has 0 unspecified atom stereocenters. The predicted molar refractivity (Wildman–Crippen MR) is 111 cm³/mol. The summed E-state index contributed by atoms with van der Waals surface area (Å²) >= 11 is 0. The van der Waals surface area contributed by atoms with Gasteiger partial charge in [-0.1, -0.05) is 26.3 Å². The Balaban J connectivity index is -0.000000451. The van der Waals surface area contributed by atoms with Crippen LogP contribution < -0.4 is 0 Å². The quantitative estimate of drug-likeness (QED) is 0.192. The first kappa shape index (κ1) is 31.6. The van der Waals surface area contributed by atoms with Crippen molar-refractivity contribution in [3.8, 4) is 0 Å². The lowest BCUT2D eigenvalue weighted by Gasteiger charge is -2.05. The van der Waals surface area contributed by atoms with Crippen LogP contribution in [-0.2, 0) is 37.9 Å². The minimum absolute atomic E-state index is 0. The molecule has 172 valence electrons. The monoisotopic (exact) mass is 422 g/mol. The number of ether oxygens (including phenoxy) is 8. The second kappa shape index (κ2) is 33.5. The minimum Gasteiger partial charge on any atom is -0.499 e. The van der Waals surface area contributed by atoms with E-state index in [9.17, 15) is 0 Å². The van der Waals surface area contributed by atoms with E-state index < -0.39 is 0 Å². The average molecular weight is 423 g/mol. The first-order chi connectivity index (χ1) is 13.8. The Morgan fingerprint density at radius 2 is 0.517 bits per heavy atom. The Kier molecular flexibility index (Phi) is 36.6. The fourth-order valence-electron chi connectivity index (χ4n) is 1.41. The van der Waals surface area contributed by atoms with Crippen molar-refractivity contribution in [2.45, 2.75) is 0 Å². The van der Waals surface area contributed by atoms with Gasteiger partial charge in [0.25, 0.3) is 0 Å². The zero-order valence-electron chi connectivity index (χ0n) is 17.4. The number of hydrogen-bond donors (Lipinski definition) is 0. The molecule has 0 bridgehead atoms. The third kappa shape index (κ3) is 37.4. The molecule has 0 aromatic heterocycles. The summed E-state index contributed by atoms with van der Waals surface area (Å²) in [7, 11) is 0. The Hall–Kier alpha value is -2.04. The third-order valence-electron chi connectivity index (χ3n) is 2.60. The van der Waals surface area contributed by atoms with Gasteiger partial charge in [-0.15, -0.1) is 0 Å². The summed E-state index contributed by atoms with van der Waals surface area (Å²) in [6, 6.07) is 0. The Morgan fingerprint density at radius 1 is 0.345 bits per heavy atom. The lowest BCUT2D eigenvalue weighted by molar-refractivity contribution is 0.0186. The fraction of sp³-hybridized carbons (Fsp3) is 0.600. The van der Waals surface area contributed by atoms with Gasteiger partial charge in [0, 0.05) is 0 Å². The summed E-state index contributed by atoms with van der Waals surface area (Å²) < 4.78 is 40.2. The first-order valence-corrected chi connectivity index (χ1v) is 9.04. The van der Waals surface area contributed by atoms with Crippen molar-refractivity contribution >= 4 is 0 Å². The smallest absolute Gasteiger partial charge is 0.111 e. The van der Waals surface area contributed by atoms with Gasteiger partial charge >= 0.3 is 0 Å². The zero-order chi connectivity index (χ0) is 21.0. The molecule has 0 fully saturated rings. The number of hydrogen-bond acceptors (Lipinski definition) is 8. The summed E-state index contributed by atoms with van der Waals surface area (Å²) in [6.45, 7) is 20.2. The lowest BCUT2D eigenvalue weighted by Crippen LogP contribution is -2.10. The van der Waals surface area contributed by atoms with Crippen molar-refractivity contribution in [1.82, 2.24) is 0 Å². The normalized spacial score (nSPS) is 9.10. The zero-order valence-corrected chi connectivity index (χ0v) is 17.4. The standard InChI is InChI=1S/2C10H18O4.H2O/c2*1-3-11-5-7-13-9-10-14-8-6-12-4-2;/h2*3-4H,1-2,5-10H2;1H2. The summed E-state index contributed by atoms with van der Waals surface area (Å²) in [5.74, 6) is 0. The van der Waals surface area contributed by atoms with Crippen LogP contribution in [0.25, 0.3) is 0 Å². The van der Waals surface area contributed by atoms with Gasteiger partial charge in [0.1, 0.15) is 26.4 Å². The van der Waals surface area contributed by atoms with Gasteiger partial charge in [-0.2, -0.15) is 0 Å². The van der Waals surface area contributed by atoms with Gasteiger partial charge in [-0.25, -0.2) is 0 Å². The topological polar surface area (TPSA) is 105 Å². The molecular formula is C20H38O9. The van der Waals surface area contributed by atoms with Gasteiger partial charge < -0.3 is 43.4 Å². The lowest BCUT2D eigenvalue weighted by atomic mass is 10.7. The van der Waals surface area contributed by atoms with Crippen molar-refractivity contribution in [2.75, 3.05) is 79.3 Å². The maximum Gasteiger partial charge on any atom is 0.111 e.